The van der Waals surface area contributed by atoms with E-state index in [0.717, 1.165) is 30.2 Å². The minimum absolute atomic E-state index is 0.0318. The van der Waals surface area contributed by atoms with E-state index in [-0.39, 0.29) is 12.1 Å². The van der Waals surface area contributed by atoms with Gasteiger partial charge in [0.15, 0.2) is 0 Å². The van der Waals surface area contributed by atoms with Crippen molar-refractivity contribution in [2.45, 2.75) is 44.2 Å². The van der Waals surface area contributed by atoms with Gasteiger partial charge in [0, 0.05) is 6.20 Å². The second-order valence-electron chi connectivity index (χ2n) is 4.49. The van der Waals surface area contributed by atoms with E-state index in [1.165, 1.54) is 6.42 Å². The fourth-order valence-corrected chi connectivity index (χ4v) is 2.48. The summed E-state index contributed by atoms with van der Waals surface area (Å²) in [6.07, 6.45) is 6.47. The summed E-state index contributed by atoms with van der Waals surface area (Å²) in [5, 5.41) is 13.3. The molecule has 1 aliphatic carbocycles. The highest BCUT2D eigenvalue weighted by Crippen LogP contribution is 2.25. The zero-order valence-electron chi connectivity index (χ0n) is 10.1. The van der Waals surface area contributed by atoms with Crippen LogP contribution in [0.25, 0.3) is 0 Å². The molecule has 0 amide bonds. The molecule has 0 aliphatic heterocycles. The Kier molecular flexibility index (Phi) is 4.73. The molecular formula is C11H18BrN5O. The lowest BCUT2D eigenvalue weighted by atomic mass is 10.1. The second kappa shape index (κ2) is 6.31. The van der Waals surface area contributed by atoms with E-state index in [1.54, 1.807) is 6.20 Å². The molecular weight excluding hydrogens is 298 g/mol. The van der Waals surface area contributed by atoms with E-state index in [0.29, 0.717) is 11.8 Å². The molecule has 2 rings (SSSR count). The van der Waals surface area contributed by atoms with Crippen molar-refractivity contribution in [3.63, 3.8) is 0 Å². The lowest BCUT2D eigenvalue weighted by Crippen LogP contribution is -2.33. The van der Waals surface area contributed by atoms with Crippen molar-refractivity contribution in [2.75, 3.05) is 10.7 Å². The Morgan fingerprint density at radius 1 is 1.33 bits per heavy atom. The van der Waals surface area contributed by atoms with Crippen LogP contribution in [0.2, 0.25) is 0 Å². The van der Waals surface area contributed by atoms with Crippen LogP contribution >= 0.6 is 15.9 Å². The van der Waals surface area contributed by atoms with Crippen molar-refractivity contribution < 1.29 is 5.11 Å². The Morgan fingerprint density at radius 3 is 2.89 bits per heavy atom. The molecule has 0 radical (unpaired) electrons. The Labute approximate surface area is 114 Å². The maximum Gasteiger partial charge on any atom is 0.239 e. The maximum atomic E-state index is 10.1. The third-order valence-electron chi connectivity index (χ3n) is 3.17. The number of hydrogen-bond acceptors (Lipinski definition) is 6. The first-order chi connectivity index (χ1) is 8.70. The number of aromatic nitrogens is 2. The fourth-order valence-electron chi connectivity index (χ4n) is 2.17. The van der Waals surface area contributed by atoms with Crippen LogP contribution in [0.4, 0.5) is 11.8 Å². The molecule has 1 saturated carbocycles. The topological polar surface area (TPSA) is 96.1 Å². The lowest BCUT2D eigenvalue weighted by Gasteiger charge is -2.22. The molecule has 0 bridgehead atoms. The van der Waals surface area contributed by atoms with Gasteiger partial charge in [0.25, 0.3) is 0 Å². The first kappa shape index (κ1) is 13.5. The van der Waals surface area contributed by atoms with Crippen molar-refractivity contribution >= 4 is 27.7 Å². The lowest BCUT2D eigenvalue weighted by molar-refractivity contribution is 0.144. The van der Waals surface area contributed by atoms with Gasteiger partial charge >= 0.3 is 0 Å². The molecule has 100 valence electrons. The van der Waals surface area contributed by atoms with Crippen LogP contribution in [0, 0.1) is 0 Å². The number of rotatable bonds is 3. The third kappa shape index (κ3) is 3.30. The summed E-state index contributed by atoms with van der Waals surface area (Å²) in [7, 11) is 0. The van der Waals surface area contributed by atoms with Crippen molar-refractivity contribution in [3.05, 3.63) is 10.7 Å². The van der Waals surface area contributed by atoms with Crippen molar-refractivity contribution in [2.24, 2.45) is 5.84 Å². The van der Waals surface area contributed by atoms with Gasteiger partial charge in [-0.1, -0.05) is 19.3 Å². The predicted molar refractivity (Wildman–Crippen MR) is 74.0 cm³/mol. The summed E-state index contributed by atoms with van der Waals surface area (Å²) >= 11 is 3.39. The molecule has 1 heterocycles. The predicted octanol–water partition coefficient (Wildman–Crippen LogP) is 1.63. The molecule has 0 saturated heterocycles. The largest absolute Gasteiger partial charge is 0.391 e. The molecule has 1 fully saturated rings. The molecule has 6 nitrogen and oxygen atoms in total. The monoisotopic (exact) mass is 315 g/mol. The average molecular weight is 316 g/mol. The number of nitrogens with one attached hydrogen (secondary N) is 2. The normalized spacial score (nSPS) is 24.4. The number of aliphatic hydroxyl groups excluding tert-OH is 1. The van der Waals surface area contributed by atoms with Crippen molar-refractivity contribution in [1.82, 2.24) is 9.97 Å². The van der Waals surface area contributed by atoms with Crippen molar-refractivity contribution in [1.29, 1.82) is 0 Å². The number of hydrogen-bond donors (Lipinski definition) is 4. The SMILES string of the molecule is NNc1ncc(Br)c(NC2CCCCCC2O)n1. The Hall–Kier alpha value is -0.920. The number of nitrogens with two attached hydrogens (primary N) is 1. The second-order valence-corrected chi connectivity index (χ2v) is 5.35. The third-order valence-corrected chi connectivity index (χ3v) is 3.76. The van der Waals surface area contributed by atoms with Gasteiger partial charge in [0.05, 0.1) is 16.6 Å². The van der Waals surface area contributed by atoms with E-state index in [9.17, 15) is 5.11 Å². The van der Waals surface area contributed by atoms with E-state index in [2.05, 4.69) is 36.6 Å². The summed E-state index contributed by atoms with van der Waals surface area (Å²) in [4.78, 5) is 8.23. The molecule has 2 atom stereocenters. The highest BCUT2D eigenvalue weighted by Gasteiger charge is 2.22. The van der Waals surface area contributed by atoms with Crippen LogP contribution in [0.1, 0.15) is 32.1 Å². The maximum absolute atomic E-state index is 10.1. The molecule has 0 aromatic carbocycles. The van der Waals surface area contributed by atoms with Gasteiger partial charge in [-0.2, -0.15) is 4.98 Å². The number of halogens is 1. The Bertz CT molecular complexity index is 403. The number of nitrogen functional groups attached to an aromatic ring is 1. The smallest absolute Gasteiger partial charge is 0.239 e. The summed E-state index contributed by atoms with van der Waals surface area (Å²) in [5.41, 5.74) is 2.41. The van der Waals surface area contributed by atoms with Gasteiger partial charge in [-0.15, -0.1) is 0 Å². The molecule has 5 N–H and O–H groups in total. The Morgan fingerprint density at radius 2 is 2.11 bits per heavy atom. The highest BCUT2D eigenvalue weighted by atomic mass is 79.9. The van der Waals surface area contributed by atoms with Gasteiger partial charge in [0.2, 0.25) is 5.95 Å². The van der Waals surface area contributed by atoms with Gasteiger partial charge < -0.3 is 10.4 Å². The molecule has 7 heteroatoms. The van der Waals surface area contributed by atoms with Crippen molar-refractivity contribution in [3.8, 4) is 0 Å². The van der Waals surface area contributed by atoms with Gasteiger partial charge in [-0.25, -0.2) is 10.8 Å². The number of anilines is 2. The number of hydrazine groups is 1. The standard InChI is InChI=1S/C11H18BrN5O/c12-7-6-14-11(17-13)16-10(7)15-8-4-2-1-3-5-9(8)18/h6,8-9,18H,1-5,13H2,(H2,14,15,16,17). The van der Waals surface area contributed by atoms with Crippen LogP contribution in [-0.4, -0.2) is 27.2 Å². The highest BCUT2D eigenvalue weighted by molar-refractivity contribution is 9.10. The zero-order valence-corrected chi connectivity index (χ0v) is 11.7. The minimum Gasteiger partial charge on any atom is -0.391 e. The van der Waals surface area contributed by atoms with Crippen LogP contribution < -0.4 is 16.6 Å². The molecule has 1 aliphatic rings. The molecule has 1 aromatic rings. The van der Waals surface area contributed by atoms with Gasteiger partial charge in [0.1, 0.15) is 5.82 Å². The molecule has 1 aromatic heterocycles. The molecule has 18 heavy (non-hydrogen) atoms. The summed E-state index contributed by atoms with van der Waals surface area (Å²) in [5.74, 6) is 6.29. The zero-order chi connectivity index (χ0) is 13.0. The Balaban J connectivity index is 2.11. The minimum atomic E-state index is -0.330. The molecule has 0 spiro atoms. The summed E-state index contributed by atoms with van der Waals surface area (Å²) < 4.78 is 0.762. The van der Waals surface area contributed by atoms with E-state index >= 15 is 0 Å². The van der Waals surface area contributed by atoms with Gasteiger partial charge in [-0.05, 0) is 28.8 Å². The van der Waals surface area contributed by atoms with E-state index < -0.39 is 0 Å². The summed E-state index contributed by atoms with van der Waals surface area (Å²) in [6.45, 7) is 0. The molecule has 2 unspecified atom stereocenters. The van der Waals surface area contributed by atoms with E-state index in [4.69, 9.17) is 5.84 Å². The van der Waals surface area contributed by atoms with Crippen LogP contribution in [-0.2, 0) is 0 Å². The first-order valence-corrected chi connectivity index (χ1v) is 6.94. The average Bonchev–Trinajstić information content (AvgIpc) is 2.58. The van der Waals surface area contributed by atoms with Crippen LogP contribution in [0.5, 0.6) is 0 Å². The number of nitrogens with zero attached hydrogens (tertiary/aromatic N) is 2. The first-order valence-electron chi connectivity index (χ1n) is 6.14. The summed E-state index contributed by atoms with van der Waals surface area (Å²) in [6, 6.07) is 0.0318. The quantitative estimate of drug-likeness (QED) is 0.384. The fraction of sp³-hybridized carbons (Fsp3) is 0.636. The number of aliphatic hydroxyl groups is 1. The van der Waals surface area contributed by atoms with Crippen LogP contribution in [0.3, 0.4) is 0 Å². The van der Waals surface area contributed by atoms with Crippen LogP contribution in [0.15, 0.2) is 10.7 Å². The van der Waals surface area contributed by atoms with Gasteiger partial charge in [-0.3, -0.25) is 5.43 Å². The van der Waals surface area contributed by atoms with E-state index in [1.807, 2.05) is 0 Å².